The van der Waals surface area contributed by atoms with Crippen molar-refractivity contribution in [2.45, 2.75) is 40.3 Å². The van der Waals surface area contributed by atoms with Crippen LogP contribution >= 0.6 is 15.9 Å². The Morgan fingerprint density at radius 3 is 2.57 bits per heavy atom. The van der Waals surface area contributed by atoms with Gasteiger partial charge in [-0.15, -0.1) is 5.11 Å². The molecule has 0 fully saturated rings. The van der Waals surface area contributed by atoms with Crippen molar-refractivity contribution in [2.75, 3.05) is 5.84 Å². The number of nitrogens with zero attached hydrogens (tertiary/aromatic N) is 4. The molecule has 0 saturated heterocycles. The molecule has 1 amide bonds. The van der Waals surface area contributed by atoms with E-state index in [4.69, 9.17) is 11.7 Å². The third-order valence-corrected chi connectivity index (χ3v) is 5.48. The van der Waals surface area contributed by atoms with Crippen LogP contribution in [-0.2, 0) is 6.54 Å². The molecule has 0 spiro atoms. The third-order valence-electron chi connectivity index (χ3n) is 5.02. The summed E-state index contributed by atoms with van der Waals surface area (Å²) in [4.78, 5) is 25.6. The lowest BCUT2D eigenvalue weighted by Crippen LogP contribution is -2.34. The van der Waals surface area contributed by atoms with Crippen LogP contribution in [0.5, 0.6) is 0 Å². The molecule has 0 atom stereocenters. The molecule has 0 aliphatic rings. The van der Waals surface area contributed by atoms with Crippen LogP contribution in [0.4, 0.5) is 5.82 Å². The molecule has 158 valence electrons. The second kappa shape index (κ2) is 8.31. The topological polar surface area (TPSA) is 133 Å². The van der Waals surface area contributed by atoms with E-state index in [1.54, 1.807) is 19.1 Å². The van der Waals surface area contributed by atoms with Crippen LogP contribution < -0.4 is 22.6 Å². The fourth-order valence-electron chi connectivity index (χ4n) is 3.54. The van der Waals surface area contributed by atoms with Crippen molar-refractivity contribution < 1.29 is 4.79 Å². The smallest absolute Gasteiger partial charge is 0.275 e. The number of amides is 1. The van der Waals surface area contributed by atoms with Gasteiger partial charge in [0, 0.05) is 34.2 Å². The molecule has 0 aliphatic heterocycles. The summed E-state index contributed by atoms with van der Waals surface area (Å²) in [5, 5.41) is 10.5. The number of nitrogens with one attached hydrogen (secondary N) is 1. The van der Waals surface area contributed by atoms with Gasteiger partial charge in [0.25, 0.3) is 11.5 Å². The molecule has 0 radical (unpaired) electrons. The van der Waals surface area contributed by atoms with E-state index >= 15 is 0 Å². The van der Waals surface area contributed by atoms with Gasteiger partial charge >= 0.3 is 0 Å². The van der Waals surface area contributed by atoms with Gasteiger partial charge in [0.2, 0.25) is 0 Å². The average molecular weight is 474 g/mol. The van der Waals surface area contributed by atoms with Crippen LogP contribution in [0, 0.1) is 13.8 Å². The van der Waals surface area contributed by atoms with Gasteiger partial charge in [-0.05, 0) is 57.0 Å². The number of pyridine rings is 1. The molecule has 3 aromatic rings. The quantitative estimate of drug-likeness (QED) is 0.297. The Morgan fingerprint density at radius 1 is 1.23 bits per heavy atom. The summed E-state index contributed by atoms with van der Waals surface area (Å²) in [7, 11) is 0. The Labute approximate surface area is 181 Å². The van der Waals surface area contributed by atoms with Crippen molar-refractivity contribution in [1.29, 1.82) is 0 Å². The summed E-state index contributed by atoms with van der Waals surface area (Å²) >= 11 is 3.50. The number of aryl methyl sites for hydroxylation is 2. The van der Waals surface area contributed by atoms with Gasteiger partial charge in [0.05, 0.1) is 11.1 Å². The molecule has 1 aromatic carbocycles. The van der Waals surface area contributed by atoms with Crippen molar-refractivity contribution in [3.8, 4) is 0 Å². The molecule has 0 aliphatic carbocycles. The van der Waals surface area contributed by atoms with E-state index in [-0.39, 0.29) is 24.3 Å². The number of halogens is 1. The number of nitrogens with two attached hydrogens (primary N) is 2. The van der Waals surface area contributed by atoms with Gasteiger partial charge in [0.15, 0.2) is 5.82 Å². The zero-order valence-corrected chi connectivity index (χ0v) is 18.8. The molecule has 30 heavy (non-hydrogen) atoms. The van der Waals surface area contributed by atoms with Crippen LogP contribution in [0.25, 0.3) is 10.9 Å². The van der Waals surface area contributed by atoms with E-state index in [1.807, 2.05) is 19.2 Å². The minimum Gasteiger partial charge on any atom is -0.348 e. The lowest BCUT2D eigenvalue weighted by Gasteiger charge is -2.13. The van der Waals surface area contributed by atoms with Crippen LogP contribution in [0.2, 0.25) is 0 Å². The number of hydrogen-bond donors (Lipinski definition) is 3. The maximum Gasteiger partial charge on any atom is 0.275 e. The first-order valence-corrected chi connectivity index (χ1v) is 10.1. The van der Waals surface area contributed by atoms with E-state index in [2.05, 4.69) is 50.0 Å². The van der Waals surface area contributed by atoms with E-state index in [1.165, 1.54) is 0 Å². The van der Waals surface area contributed by atoms with Crippen molar-refractivity contribution >= 4 is 38.6 Å². The van der Waals surface area contributed by atoms with E-state index in [0.717, 1.165) is 25.6 Å². The molecule has 0 bridgehead atoms. The highest BCUT2D eigenvalue weighted by molar-refractivity contribution is 9.10. The molecule has 10 heteroatoms. The van der Waals surface area contributed by atoms with Crippen molar-refractivity contribution in [1.82, 2.24) is 14.6 Å². The molecule has 9 nitrogen and oxygen atoms in total. The second-order valence-electron chi connectivity index (χ2n) is 7.40. The fourth-order valence-corrected chi connectivity index (χ4v) is 3.99. The van der Waals surface area contributed by atoms with E-state index < -0.39 is 5.56 Å². The fraction of sp³-hybridized carbons (Fsp3) is 0.300. The number of rotatable bonds is 5. The maximum absolute atomic E-state index is 13.1. The number of fused-ring (bicyclic) bond motifs is 1. The van der Waals surface area contributed by atoms with Crippen LogP contribution in [0.15, 0.2) is 44.0 Å². The van der Waals surface area contributed by atoms with Gasteiger partial charge in [-0.25, -0.2) is 4.68 Å². The van der Waals surface area contributed by atoms with Crippen LogP contribution in [0.1, 0.15) is 46.9 Å². The molecular formula is C20H24BrN7O2. The molecule has 0 saturated carbocycles. The van der Waals surface area contributed by atoms with Gasteiger partial charge in [-0.2, -0.15) is 0 Å². The Hall–Kier alpha value is -3.14. The summed E-state index contributed by atoms with van der Waals surface area (Å²) in [6.07, 6.45) is 2.04. The molecule has 0 unspecified atom stereocenters. The van der Waals surface area contributed by atoms with Gasteiger partial charge in [-0.3, -0.25) is 9.59 Å². The number of benzene rings is 1. The largest absolute Gasteiger partial charge is 0.348 e. The van der Waals surface area contributed by atoms with Gasteiger partial charge in [-0.1, -0.05) is 21.2 Å². The Kier molecular flexibility index (Phi) is 5.97. The average Bonchev–Trinajstić information content (AvgIpc) is 3.01. The predicted octanol–water partition coefficient (Wildman–Crippen LogP) is 3.36. The highest BCUT2D eigenvalue weighted by atomic mass is 79.9. The minimum atomic E-state index is -0.473. The SMILES string of the molecule is Cc1cc(N=NN)n(N)c(=O)c1CNC(=O)c1cc(Br)cc2c1c(C)cn2C(C)C. The molecule has 3 rings (SSSR count). The summed E-state index contributed by atoms with van der Waals surface area (Å²) < 4.78 is 3.79. The summed E-state index contributed by atoms with van der Waals surface area (Å²) in [5.74, 6) is 10.7. The first-order valence-electron chi connectivity index (χ1n) is 9.36. The zero-order chi connectivity index (χ0) is 22.2. The van der Waals surface area contributed by atoms with Gasteiger partial charge in [0.1, 0.15) is 0 Å². The first-order chi connectivity index (χ1) is 14.1. The highest BCUT2D eigenvalue weighted by Gasteiger charge is 2.19. The van der Waals surface area contributed by atoms with Crippen LogP contribution in [-0.4, -0.2) is 15.2 Å². The lowest BCUT2D eigenvalue weighted by atomic mass is 10.1. The van der Waals surface area contributed by atoms with Crippen LogP contribution in [0.3, 0.4) is 0 Å². The lowest BCUT2D eigenvalue weighted by molar-refractivity contribution is 0.0952. The number of carbonyl (C=O) groups is 1. The minimum absolute atomic E-state index is 0.0265. The molecule has 2 aromatic heterocycles. The van der Waals surface area contributed by atoms with Crippen molar-refractivity contribution in [3.05, 3.63) is 61.5 Å². The normalized spacial score (nSPS) is 11.7. The maximum atomic E-state index is 13.1. The second-order valence-corrected chi connectivity index (χ2v) is 8.31. The first kappa shape index (κ1) is 21.6. The Morgan fingerprint density at radius 2 is 1.93 bits per heavy atom. The number of nitrogen functional groups attached to an aromatic ring is 1. The molecule has 2 heterocycles. The predicted molar refractivity (Wildman–Crippen MR) is 120 cm³/mol. The monoisotopic (exact) mass is 473 g/mol. The summed E-state index contributed by atoms with van der Waals surface area (Å²) in [5.41, 5.74) is 3.04. The van der Waals surface area contributed by atoms with E-state index in [0.29, 0.717) is 16.7 Å². The standard InChI is InChI=1S/C20H24BrN7O2/c1-10(2)27-9-12(4)18-14(6-13(21)7-16(18)27)19(29)24-8-15-11(3)5-17(25-26-22)28(23)20(15)30/h5-7,9-10H,8,23H2,1-4H3,(H2,22,25)(H,24,29). The van der Waals surface area contributed by atoms with E-state index in [9.17, 15) is 9.59 Å². The van der Waals surface area contributed by atoms with Crippen molar-refractivity contribution in [2.24, 2.45) is 16.2 Å². The number of aromatic nitrogens is 2. The third kappa shape index (κ3) is 3.82. The highest BCUT2D eigenvalue weighted by Crippen LogP contribution is 2.31. The Bertz CT molecular complexity index is 1220. The summed E-state index contributed by atoms with van der Waals surface area (Å²) in [6.45, 7) is 7.93. The van der Waals surface area contributed by atoms with Crippen molar-refractivity contribution in [3.63, 3.8) is 0 Å². The molecular weight excluding hydrogens is 450 g/mol. The summed E-state index contributed by atoms with van der Waals surface area (Å²) in [6, 6.07) is 5.62. The number of hydrogen-bond acceptors (Lipinski definition) is 5. The molecule has 5 N–H and O–H groups in total. The Balaban J connectivity index is 1.98. The number of carbonyl (C=O) groups excluding carboxylic acids is 1. The zero-order valence-electron chi connectivity index (χ0n) is 17.2. The van der Waals surface area contributed by atoms with Gasteiger partial charge < -0.3 is 21.6 Å².